The quantitative estimate of drug-likeness (QED) is 0.741. The van der Waals surface area contributed by atoms with Crippen LogP contribution in [-0.2, 0) is 0 Å². The molecule has 14 heavy (non-hydrogen) atoms. The van der Waals surface area contributed by atoms with Crippen molar-refractivity contribution >= 4 is 5.95 Å². The summed E-state index contributed by atoms with van der Waals surface area (Å²) in [6, 6.07) is 1.72. The number of likely N-dealkylation sites (N-methyl/N-ethyl adjacent to an activating group) is 1. The predicted octanol–water partition coefficient (Wildman–Crippen LogP) is 0.459. The van der Waals surface area contributed by atoms with E-state index in [-0.39, 0.29) is 0 Å². The Hall–Kier alpha value is -1.36. The topological polar surface area (TPSA) is 50.3 Å². The van der Waals surface area contributed by atoms with Crippen LogP contribution in [-0.4, -0.2) is 49.2 Å². The van der Waals surface area contributed by atoms with Gasteiger partial charge in [0.2, 0.25) is 11.8 Å². The molecule has 0 radical (unpaired) electrons. The minimum Gasteiger partial charge on any atom is -0.481 e. The molecule has 0 saturated carbocycles. The van der Waals surface area contributed by atoms with E-state index in [2.05, 4.69) is 20.2 Å². The number of anilines is 1. The maximum absolute atomic E-state index is 4.98. The molecule has 0 saturated heterocycles. The van der Waals surface area contributed by atoms with Crippen LogP contribution < -0.4 is 10.1 Å². The van der Waals surface area contributed by atoms with Crippen LogP contribution in [0.15, 0.2) is 12.3 Å². The molecule has 1 heterocycles. The summed E-state index contributed by atoms with van der Waals surface area (Å²) < 4.78 is 4.98. The number of methoxy groups -OCH3 is 1. The highest BCUT2D eigenvalue weighted by Gasteiger charge is 1.97. The smallest absolute Gasteiger partial charge is 0.225 e. The van der Waals surface area contributed by atoms with E-state index in [9.17, 15) is 0 Å². The molecule has 0 aliphatic heterocycles. The first-order valence-corrected chi connectivity index (χ1v) is 4.48. The van der Waals surface area contributed by atoms with Gasteiger partial charge in [0.25, 0.3) is 0 Å². The second-order valence-electron chi connectivity index (χ2n) is 3.15. The number of aromatic nitrogens is 2. The Morgan fingerprint density at radius 1 is 1.50 bits per heavy atom. The van der Waals surface area contributed by atoms with Gasteiger partial charge in [0.1, 0.15) is 0 Å². The van der Waals surface area contributed by atoms with Crippen LogP contribution in [0.2, 0.25) is 0 Å². The van der Waals surface area contributed by atoms with Crippen LogP contribution in [0.25, 0.3) is 0 Å². The summed E-state index contributed by atoms with van der Waals surface area (Å²) in [6.07, 6.45) is 1.67. The van der Waals surface area contributed by atoms with Gasteiger partial charge in [-0.2, -0.15) is 4.98 Å². The summed E-state index contributed by atoms with van der Waals surface area (Å²) in [6.45, 7) is 1.76. The first-order chi connectivity index (χ1) is 6.72. The van der Waals surface area contributed by atoms with Gasteiger partial charge in [0, 0.05) is 25.4 Å². The molecule has 0 aliphatic carbocycles. The van der Waals surface area contributed by atoms with Crippen LogP contribution in [0.5, 0.6) is 5.88 Å². The Kier molecular flexibility index (Phi) is 4.12. The Balaban J connectivity index is 2.42. The molecule has 78 valence electrons. The van der Waals surface area contributed by atoms with Gasteiger partial charge >= 0.3 is 0 Å². The zero-order chi connectivity index (χ0) is 10.4. The van der Waals surface area contributed by atoms with E-state index in [1.165, 1.54) is 0 Å². The molecule has 5 heteroatoms. The molecule has 0 unspecified atom stereocenters. The fourth-order valence-corrected chi connectivity index (χ4v) is 0.932. The lowest BCUT2D eigenvalue weighted by Gasteiger charge is -2.10. The Morgan fingerprint density at radius 2 is 2.29 bits per heavy atom. The van der Waals surface area contributed by atoms with Crippen molar-refractivity contribution < 1.29 is 4.74 Å². The summed E-state index contributed by atoms with van der Waals surface area (Å²) in [4.78, 5) is 10.3. The van der Waals surface area contributed by atoms with Crippen molar-refractivity contribution in [2.24, 2.45) is 0 Å². The highest BCUT2D eigenvalue weighted by atomic mass is 16.5. The molecule has 1 aromatic heterocycles. The second-order valence-corrected chi connectivity index (χ2v) is 3.15. The van der Waals surface area contributed by atoms with Crippen LogP contribution in [0.3, 0.4) is 0 Å². The summed E-state index contributed by atoms with van der Waals surface area (Å²) in [5.74, 6) is 1.18. The van der Waals surface area contributed by atoms with Gasteiger partial charge in [-0.25, -0.2) is 4.98 Å². The molecule has 1 N–H and O–H groups in total. The molecule has 0 atom stereocenters. The zero-order valence-electron chi connectivity index (χ0n) is 8.82. The maximum atomic E-state index is 4.98. The van der Waals surface area contributed by atoms with Gasteiger partial charge in [-0.3, -0.25) is 0 Å². The van der Waals surface area contributed by atoms with Gasteiger partial charge in [-0.05, 0) is 14.1 Å². The van der Waals surface area contributed by atoms with Crippen LogP contribution >= 0.6 is 0 Å². The third kappa shape index (κ3) is 3.57. The largest absolute Gasteiger partial charge is 0.481 e. The summed E-state index contributed by atoms with van der Waals surface area (Å²) in [5, 5.41) is 3.11. The van der Waals surface area contributed by atoms with Crippen LogP contribution in [0, 0.1) is 0 Å². The Labute approximate surface area is 84.1 Å². The van der Waals surface area contributed by atoms with Gasteiger partial charge in [0.15, 0.2) is 0 Å². The molecule has 0 bridgehead atoms. The van der Waals surface area contributed by atoms with E-state index in [0.717, 1.165) is 13.1 Å². The lowest BCUT2D eigenvalue weighted by molar-refractivity contribution is 0.397. The third-order valence-corrected chi connectivity index (χ3v) is 1.68. The molecule has 1 rings (SSSR count). The van der Waals surface area contributed by atoms with Gasteiger partial charge in [0.05, 0.1) is 7.11 Å². The molecular weight excluding hydrogens is 180 g/mol. The van der Waals surface area contributed by atoms with Crippen LogP contribution in [0.4, 0.5) is 5.95 Å². The number of hydrogen-bond donors (Lipinski definition) is 1. The standard InChI is InChI=1S/C9H16N4O/c1-13(2)7-6-11-9-10-5-4-8(12-9)14-3/h4-5H,6-7H2,1-3H3,(H,10,11,12). The molecule has 0 fully saturated rings. The SMILES string of the molecule is COc1ccnc(NCCN(C)C)n1. The van der Waals surface area contributed by atoms with E-state index in [0.29, 0.717) is 11.8 Å². The van der Waals surface area contributed by atoms with E-state index in [1.54, 1.807) is 19.4 Å². The Morgan fingerprint density at radius 3 is 2.93 bits per heavy atom. The lowest BCUT2D eigenvalue weighted by atomic mass is 10.5. The molecule has 0 spiro atoms. The minimum absolute atomic E-state index is 0.576. The summed E-state index contributed by atoms with van der Waals surface area (Å²) in [5.41, 5.74) is 0. The molecular formula is C9H16N4O. The van der Waals surface area contributed by atoms with Crippen molar-refractivity contribution in [3.63, 3.8) is 0 Å². The van der Waals surface area contributed by atoms with Crippen molar-refractivity contribution in [3.8, 4) is 5.88 Å². The van der Waals surface area contributed by atoms with Crippen molar-refractivity contribution in [1.29, 1.82) is 0 Å². The van der Waals surface area contributed by atoms with Crippen molar-refractivity contribution in [1.82, 2.24) is 14.9 Å². The van der Waals surface area contributed by atoms with E-state index in [1.807, 2.05) is 14.1 Å². The molecule has 0 aromatic carbocycles. The number of hydrogen-bond acceptors (Lipinski definition) is 5. The highest BCUT2D eigenvalue weighted by Crippen LogP contribution is 2.06. The predicted molar refractivity (Wildman–Crippen MR) is 55.6 cm³/mol. The normalized spacial score (nSPS) is 10.3. The number of nitrogens with one attached hydrogen (secondary N) is 1. The minimum atomic E-state index is 0.576. The fourth-order valence-electron chi connectivity index (χ4n) is 0.932. The zero-order valence-corrected chi connectivity index (χ0v) is 8.82. The van der Waals surface area contributed by atoms with E-state index < -0.39 is 0 Å². The Bertz CT molecular complexity index is 277. The van der Waals surface area contributed by atoms with Crippen molar-refractivity contribution in [2.45, 2.75) is 0 Å². The van der Waals surface area contributed by atoms with E-state index >= 15 is 0 Å². The maximum Gasteiger partial charge on any atom is 0.225 e. The first-order valence-electron chi connectivity index (χ1n) is 4.48. The monoisotopic (exact) mass is 196 g/mol. The second kappa shape index (κ2) is 5.39. The van der Waals surface area contributed by atoms with Gasteiger partial charge in [-0.1, -0.05) is 0 Å². The molecule has 5 nitrogen and oxygen atoms in total. The van der Waals surface area contributed by atoms with Gasteiger partial charge < -0.3 is 15.0 Å². The average Bonchev–Trinajstić information content (AvgIpc) is 2.18. The van der Waals surface area contributed by atoms with Crippen molar-refractivity contribution in [3.05, 3.63) is 12.3 Å². The summed E-state index contributed by atoms with van der Waals surface area (Å²) in [7, 11) is 5.63. The van der Waals surface area contributed by atoms with E-state index in [4.69, 9.17) is 4.74 Å². The summed E-state index contributed by atoms with van der Waals surface area (Å²) >= 11 is 0. The molecule has 0 amide bonds. The third-order valence-electron chi connectivity index (χ3n) is 1.68. The average molecular weight is 196 g/mol. The number of rotatable bonds is 5. The van der Waals surface area contributed by atoms with Gasteiger partial charge in [-0.15, -0.1) is 0 Å². The molecule has 1 aromatic rings. The van der Waals surface area contributed by atoms with Crippen molar-refractivity contribution in [2.75, 3.05) is 39.6 Å². The first kappa shape index (κ1) is 10.7. The van der Waals surface area contributed by atoms with Crippen LogP contribution in [0.1, 0.15) is 0 Å². The number of ether oxygens (including phenoxy) is 1. The highest BCUT2D eigenvalue weighted by molar-refractivity contribution is 5.27. The fraction of sp³-hybridized carbons (Fsp3) is 0.556. The molecule has 0 aliphatic rings. The lowest BCUT2D eigenvalue weighted by Crippen LogP contribution is -2.21. The number of nitrogens with zero attached hydrogens (tertiary/aromatic N) is 3.